The van der Waals surface area contributed by atoms with Crippen LogP contribution >= 0.6 is 0 Å². The van der Waals surface area contributed by atoms with E-state index in [0.29, 0.717) is 12.3 Å². The number of aromatic nitrogens is 1. The maximum absolute atomic E-state index is 8.41. The minimum Gasteiger partial charge on any atom is -0.479 e. The van der Waals surface area contributed by atoms with E-state index in [9.17, 15) is 0 Å². The van der Waals surface area contributed by atoms with Crippen LogP contribution in [0.1, 0.15) is 17.0 Å². The molecule has 0 aliphatic rings. The van der Waals surface area contributed by atoms with Gasteiger partial charge in [0.05, 0.1) is 12.2 Å². The molecule has 1 N–H and O–H groups in total. The predicted molar refractivity (Wildman–Crippen MR) is 69.3 cm³/mol. The third-order valence-electron chi connectivity index (χ3n) is 2.53. The first-order chi connectivity index (χ1) is 9.28. The summed E-state index contributed by atoms with van der Waals surface area (Å²) in [6.45, 7) is 3.35. The van der Waals surface area contributed by atoms with Gasteiger partial charge in [-0.2, -0.15) is 5.26 Å². The highest BCUT2D eigenvalue weighted by Crippen LogP contribution is 2.12. The van der Waals surface area contributed by atoms with Crippen LogP contribution in [-0.4, -0.2) is 11.8 Å². The number of benzene rings is 1. The van der Waals surface area contributed by atoms with Crippen LogP contribution < -0.4 is 10.1 Å². The van der Waals surface area contributed by atoms with E-state index in [1.54, 1.807) is 0 Å². The second-order valence-corrected chi connectivity index (χ2v) is 4.13. The summed E-state index contributed by atoms with van der Waals surface area (Å²) in [5.41, 5.74) is 2.02. The number of hydrogen-bond acceptors (Lipinski definition) is 5. The fourth-order valence-electron chi connectivity index (χ4n) is 1.65. The Kier molecular flexibility index (Phi) is 4.54. The van der Waals surface area contributed by atoms with Gasteiger partial charge in [0.2, 0.25) is 0 Å². The van der Waals surface area contributed by atoms with Crippen LogP contribution in [0.5, 0.6) is 5.75 Å². The van der Waals surface area contributed by atoms with Crippen LogP contribution in [-0.2, 0) is 13.1 Å². The zero-order valence-corrected chi connectivity index (χ0v) is 10.7. The summed E-state index contributed by atoms with van der Waals surface area (Å²) >= 11 is 0. The number of hydrogen-bond donors (Lipinski definition) is 1. The lowest BCUT2D eigenvalue weighted by atomic mass is 10.2. The molecule has 5 nitrogen and oxygen atoms in total. The van der Waals surface area contributed by atoms with E-state index in [2.05, 4.69) is 10.5 Å². The Bertz CT molecular complexity index is 555. The van der Waals surface area contributed by atoms with E-state index >= 15 is 0 Å². The van der Waals surface area contributed by atoms with Gasteiger partial charge in [-0.15, -0.1) is 0 Å². The zero-order chi connectivity index (χ0) is 13.5. The molecule has 0 fully saturated rings. The molecule has 1 heterocycles. The molecular weight excluding hydrogens is 242 g/mol. The number of nitrogens with one attached hydrogen (secondary N) is 1. The van der Waals surface area contributed by atoms with E-state index in [1.165, 1.54) is 0 Å². The van der Waals surface area contributed by atoms with E-state index in [-0.39, 0.29) is 6.61 Å². The SMILES string of the molecule is Cc1cc(CNCc2ccc(OCC#N)cc2)on1. The van der Waals surface area contributed by atoms with E-state index in [1.807, 2.05) is 43.3 Å². The molecule has 0 aliphatic heterocycles. The maximum Gasteiger partial charge on any atom is 0.174 e. The van der Waals surface area contributed by atoms with Gasteiger partial charge in [-0.3, -0.25) is 0 Å². The van der Waals surface area contributed by atoms with Gasteiger partial charge in [0.25, 0.3) is 0 Å². The van der Waals surface area contributed by atoms with E-state index in [0.717, 1.165) is 23.6 Å². The first-order valence-electron chi connectivity index (χ1n) is 5.99. The fraction of sp³-hybridized carbons (Fsp3) is 0.286. The molecule has 0 amide bonds. The van der Waals surface area contributed by atoms with Crippen molar-refractivity contribution in [2.75, 3.05) is 6.61 Å². The predicted octanol–water partition coefficient (Wildman–Crippen LogP) is 2.18. The molecule has 0 spiro atoms. The average molecular weight is 257 g/mol. The summed E-state index contributed by atoms with van der Waals surface area (Å²) < 4.78 is 10.3. The van der Waals surface area contributed by atoms with Gasteiger partial charge in [0, 0.05) is 12.6 Å². The molecule has 2 aromatic rings. The number of nitriles is 1. The molecule has 0 saturated heterocycles. The van der Waals surface area contributed by atoms with Gasteiger partial charge < -0.3 is 14.6 Å². The molecule has 5 heteroatoms. The second kappa shape index (κ2) is 6.57. The molecule has 1 aromatic heterocycles. The number of rotatable bonds is 6. The van der Waals surface area contributed by atoms with Crippen LogP contribution in [0.4, 0.5) is 0 Å². The molecule has 0 atom stereocenters. The molecule has 0 aliphatic carbocycles. The first kappa shape index (κ1) is 13.1. The summed E-state index contributed by atoms with van der Waals surface area (Å²) in [4.78, 5) is 0. The third-order valence-corrected chi connectivity index (χ3v) is 2.53. The molecule has 19 heavy (non-hydrogen) atoms. The van der Waals surface area contributed by atoms with Gasteiger partial charge in [-0.05, 0) is 24.6 Å². The quantitative estimate of drug-likeness (QED) is 0.858. The van der Waals surface area contributed by atoms with Crippen molar-refractivity contribution in [3.63, 3.8) is 0 Å². The lowest BCUT2D eigenvalue weighted by Gasteiger charge is -2.05. The van der Waals surface area contributed by atoms with Crippen molar-refractivity contribution in [1.82, 2.24) is 10.5 Å². The highest BCUT2D eigenvalue weighted by molar-refractivity contribution is 5.27. The summed E-state index contributed by atoms with van der Waals surface area (Å²) in [5.74, 6) is 1.53. The summed E-state index contributed by atoms with van der Waals surface area (Å²) in [5, 5.41) is 15.5. The van der Waals surface area contributed by atoms with Crippen molar-refractivity contribution in [2.45, 2.75) is 20.0 Å². The van der Waals surface area contributed by atoms with Crippen molar-refractivity contribution in [3.8, 4) is 11.8 Å². The van der Waals surface area contributed by atoms with E-state index < -0.39 is 0 Å². The molecule has 1 aromatic carbocycles. The van der Waals surface area contributed by atoms with Crippen molar-refractivity contribution in [1.29, 1.82) is 5.26 Å². The highest BCUT2D eigenvalue weighted by atomic mass is 16.5. The Morgan fingerprint density at radius 3 is 2.74 bits per heavy atom. The lowest BCUT2D eigenvalue weighted by Crippen LogP contribution is -2.12. The lowest BCUT2D eigenvalue weighted by molar-refractivity contribution is 0.367. The Morgan fingerprint density at radius 2 is 2.11 bits per heavy atom. The topological polar surface area (TPSA) is 71.1 Å². The zero-order valence-electron chi connectivity index (χ0n) is 10.7. The molecule has 0 saturated carbocycles. The third kappa shape index (κ3) is 4.12. The van der Waals surface area contributed by atoms with Gasteiger partial charge in [0.15, 0.2) is 12.4 Å². The van der Waals surface area contributed by atoms with Crippen LogP contribution in [0.15, 0.2) is 34.9 Å². The summed E-state index contributed by atoms with van der Waals surface area (Å²) in [7, 11) is 0. The molecule has 0 bridgehead atoms. The van der Waals surface area contributed by atoms with Gasteiger partial charge in [-0.1, -0.05) is 17.3 Å². The van der Waals surface area contributed by atoms with Crippen LogP contribution in [0.25, 0.3) is 0 Å². The first-order valence-corrected chi connectivity index (χ1v) is 5.99. The maximum atomic E-state index is 8.41. The molecule has 98 valence electrons. The van der Waals surface area contributed by atoms with Crippen molar-refractivity contribution >= 4 is 0 Å². The molecular formula is C14H15N3O2. The Hall–Kier alpha value is -2.32. The molecule has 0 radical (unpaired) electrons. The summed E-state index contributed by atoms with van der Waals surface area (Å²) in [6, 6.07) is 11.5. The standard InChI is InChI=1S/C14H15N3O2/c1-11-8-14(19-17-11)10-16-9-12-2-4-13(5-3-12)18-7-6-15/h2-5,8,16H,7,9-10H2,1H3. The van der Waals surface area contributed by atoms with Gasteiger partial charge in [-0.25, -0.2) is 0 Å². The average Bonchev–Trinajstić information content (AvgIpc) is 2.84. The van der Waals surface area contributed by atoms with Crippen LogP contribution in [0.2, 0.25) is 0 Å². The smallest absolute Gasteiger partial charge is 0.174 e. The van der Waals surface area contributed by atoms with Crippen molar-refractivity contribution in [2.24, 2.45) is 0 Å². The largest absolute Gasteiger partial charge is 0.479 e. The summed E-state index contributed by atoms with van der Waals surface area (Å²) in [6.07, 6.45) is 0. The normalized spacial score (nSPS) is 10.1. The van der Waals surface area contributed by atoms with Gasteiger partial charge in [0.1, 0.15) is 11.8 Å². The fourth-order valence-corrected chi connectivity index (χ4v) is 1.65. The Labute approximate surface area is 111 Å². The highest BCUT2D eigenvalue weighted by Gasteiger charge is 2.00. The van der Waals surface area contributed by atoms with Crippen molar-refractivity contribution in [3.05, 3.63) is 47.3 Å². The number of aryl methyl sites for hydroxylation is 1. The minimum atomic E-state index is 0.0719. The molecule has 0 unspecified atom stereocenters. The van der Waals surface area contributed by atoms with E-state index in [4.69, 9.17) is 14.5 Å². The number of nitrogens with zero attached hydrogens (tertiary/aromatic N) is 2. The van der Waals surface area contributed by atoms with Crippen LogP contribution in [0, 0.1) is 18.3 Å². The second-order valence-electron chi connectivity index (χ2n) is 4.13. The Balaban J connectivity index is 1.78. The minimum absolute atomic E-state index is 0.0719. The molecule has 2 rings (SSSR count). The Morgan fingerprint density at radius 1 is 1.32 bits per heavy atom. The van der Waals surface area contributed by atoms with Gasteiger partial charge >= 0.3 is 0 Å². The van der Waals surface area contributed by atoms with Crippen LogP contribution in [0.3, 0.4) is 0 Å². The monoisotopic (exact) mass is 257 g/mol. The number of ether oxygens (including phenoxy) is 1. The van der Waals surface area contributed by atoms with Crippen molar-refractivity contribution < 1.29 is 9.26 Å².